The van der Waals surface area contributed by atoms with Crippen LogP contribution in [-0.4, -0.2) is 28.0 Å². The van der Waals surface area contributed by atoms with Gasteiger partial charge < -0.3 is 15.3 Å². The fourth-order valence-corrected chi connectivity index (χ4v) is 3.16. The number of benzene rings is 1. The lowest BCUT2D eigenvalue weighted by atomic mass is 10.0. The summed E-state index contributed by atoms with van der Waals surface area (Å²) in [6.45, 7) is 1.21. The third-order valence-electron chi connectivity index (χ3n) is 4.27. The number of carboxylic acid groups (broad SMARTS) is 1. The van der Waals surface area contributed by atoms with Gasteiger partial charge in [0.05, 0.1) is 5.92 Å². The summed E-state index contributed by atoms with van der Waals surface area (Å²) >= 11 is 0. The molecule has 2 aliphatic rings. The number of nitrogens with zero attached hydrogens (tertiary/aromatic N) is 1. The molecule has 106 valence electrons. The lowest BCUT2D eigenvalue weighted by Crippen LogP contribution is -2.45. The Morgan fingerprint density at radius 3 is 2.40 bits per heavy atom. The maximum Gasteiger partial charge on any atom is 0.318 e. The molecule has 0 saturated heterocycles. The zero-order valence-electron chi connectivity index (χ0n) is 11.2. The van der Waals surface area contributed by atoms with Crippen molar-refractivity contribution >= 4 is 12.0 Å². The molecule has 1 aromatic rings. The monoisotopic (exact) mass is 274 g/mol. The summed E-state index contributed by atoms with van der Waals surface area (Å²) in [5, 5.41) is 12.0. The summed E-state index contributed by atoms with van der Waals surface area (Å²) in [6, 6.07) is 7.61. The van der Waals surface area contributed by atoms with Crippen LogP contribution in [0.4, 0.5) is 4.79 Å². The SMILES string of the molecule is O=C(O)C1CCCC1NC(=O)N1Cc2ccccc2C1. The Kier molecular flexibility index (Phi) is 3.34. The van der Waals surface area contributed by atoms with Gasteiger partial charge in [-0.25, -0.2) is 4.79 Å². The van der Waals surface area contributed by atoms with Crippen molar-refractivity contribution in [3.05, 3.63) is 35.4 Å². The zero-order chi connectivity index (χ0) is 14.1. The van der Waals surface area contributed by atoms with Crippen LogP contribution in [0.5, 0.6) is 0 Å². The Morgan fingerprint density at radius 2 is 1.80 bits per heavy atom. The average Bonchev–Trinajstić information content (AvgIpc) is 3.03. The molecule has 1 heterocycles. The Balaban J connectivity index is 1.63. The van der Waals surface area contributed by atoms with Gasteiger partial charge in [0, 0.05) is 19.1 Å². The van der Waals surface area contributed by atoms with Crippen LogP contribution in [0.1, 0.15) is 30.4 Å². The molecular formula is C15H18N2O3. The topological polar surface area (TPSA) is 69.6 Å². The van der Waals surface area contributed by atoms with Crippen LogP contribution in [0.25, 0.3) is 0 Å². The van der Waals surface area contributed by atoms with Gasteiger partial charge in [0.2, 0.25) is 0 Å². The number of hydrogen-bond acceptors (Lipinski definition) is 2. The van der Waals surface area contributed by atoms with Crippen molar-refractivity contribution in [1.29, 1.82) is 0 Å². The third kappa shape index (κ3) is 2.35. The van der Waals surface area contributed by atoms with Crippen molar-refractivity contribution in [2.45, 2.75) is 38.4 Å². The van der Waals surface area contributed by atoms with Gasteiger partial charge in [0.1, 0.15) is 0 Å². The summed E-state index contributed by atoms with van der Waals surface area (Å²) in [5.74, 6) is -1.25. The van der Waals surface area contributed by atoms with Crippen molar-refractivity contribution in [3.8, 4) is 0 Å². The van der Waals surface area contributed by atoms with Crippen LogP contribution < -0.4 is 5.32 Å². The fourth-order valence-electron chi connectivity index (χ4n) is 3.16. The standard InChI is InChI=1S/C15H18N2O3/c18-14(19)12-6-3-7-13(12)16-15(20)17-8-10-4-1-2-5-11(10)9-17/h1-2,4-5,12-13H,3,6-9H2,(H,16,20)(H,18,19). The van der Waals surface area contributed by atoms with Crippen molar-refractivity contribution in [3.63, 3.8) is 0 Å². The molecule has 1 saturated carbocycles. The van der Waals surface area contributed by atoms with E-state index in [1.165, 1.54) is 11.1 Å². The maximum absolute atomic E-state index is 12.3. The van der Waals surface area contributed by atoms with Gasteiger partial charge >= 0.3 is 12.0 Å². The highest BCUT2D eigenvalue weighted by molar-refractivity contribution is 5.77. The normalized spacial score (nSPS) is 24.5. The van der Waals surface area contributed by atoms with Gasteiger partial charge in [-0.2, -0.15) is 0 Å². The lowest BCUT2D eigenvalue weighted by Gasteiger charge is -2.22. The first kappa shape index (κ1) is 13.0. The van der Waals surface area contributed by atoms with Crippen molar-refractivity contribution in [2.75, 3.05) is 0 Å². The molecule has 1 fully saturated rings. The fraction of sp³-hybridized carbons (Fsp3) is 0.467. The molecule has 1 aromatic carbocycles. The number of carbonyl (C=O) groups excluding carboxylic acids is 1. The van der Waals surface area contributed by atoms with Crippen LogP contribution in [0, 0.1) is 5.92 Å². The van der Waals surface area contributed by atoms with E-state index in [4.69, 9.17) is 5.11 Å². The van der Waals surface area contributed by atoms with Crippen LogP contribution in [0.15, 0.2) is 24.3 Å². The van der Waals surface area contributed by atoms with Gasteiger partial charge in [-0.05, 0) is 24.0 Å². The van der Waals surface area contributed by atoms with Gasteiger partial charge in [0.15, 0.2) is 0 Å². The highest BCUT2D eigenvalue weighted by Gasteiger charge is 2.35. The molecule has 0 bridgehead atoms. The van der Waals surface area contributed by atoms with Crippen LogP contribution >= 0.6 is 0 Å². The van der Waals surface area contributed by atoms with Gasteiger partial charge in [-0.1, -0.05) is 30.7 Å². The molecule has 0 aromatic heterocycles. The van der Waals surface area contributed by atoms with E-state index in [0.29, 0.717) is 19.5 Å². The number of rotatable bonds is 2. The molecule has 3 rings (SSSR count). The molecule has 2 atom stereocenters. The zero-order valence-corrected chi connectivity index (χ0v) is 11.2. The predicted molar refractivity (Wildman–Crippen MR) is 73.0 cm³/mol. The summed E-state index contributed by atoms with van der Waals surface area (Å²) in [4.78, 5) is 25.1. The minimum absolute atomic E-state index is 0.153. The molecule has 1 aliphatic carbocycles. The summed E-state index contributed by atoms with van der Waals surface area (Å²) in [7, 11) is 0. The second kappa shape index (κ2) is 5.15. The van der Waals surface area contributed by atoms with E-state index < -0.39 is 11.9 Å². The van der Waals surface area contributed by atoms with Gasteiger partial charge in [0.25, 0.3) is 0 Å². The van der Waals surface area contributed by atoms with E-state index >= 15 is 0 Å². The molecule has 5 nitrogen and oxygen atoms in total. The molecule has 2 amide bonds. The Bertz CT molecular complexity index is 519. The first-order chi connectivity index (χ1) is 9.65. The average molecular weight is 274 g/mol. The number of fused-ring (bicyclic) bond motifs is 1. The van der Waals surface area contributed by atoms with Crippen molar-refractivity contribution in [1.82, 2.24) is 10.2 Å². The number of hydrogen-bond donors (Lipinski definition) is 2. The van der Waals surface area contributed by atoms with E-state index in [-0.39, 0.29) is 12.1 Å². The molecule has 20 heavy (non-hydrogen) atoms. The minimum atomic E-state index is -0.808. The molecular weight excluding hydrogens is 256 g/mol. The van der Waals surface area contributed by atoms with Crippen molar-refractivity contribution in [2.24, 2.45) is 5.92 Å². The molecule has 0 spiro atoms. The number of carboxylic acids is 1. The van der Waals surface area contributed by atoms with E-state index in [2.05, 4.69) is 5.32 Å². The number of urea groups is 1. The lowest BCUT2D eigenvalue weighted by molar-refractivity contribution is -0.142. The summed E-state index contributed by atoms with van der Waals surface area (Å²) in [5.41, 5.74) is 2.34. The Hall–Kier alpha value is -2.04. The molecule has 2 unspecified atom stereocenters. The number of nitrogens with one attached hydrogen (secondary N) is 1. The minimum Gasteiger partial charge on any atom is -0.481 e. The molecule has 5 heteroatoms. The number of carbonyl (C=O) groups is 2. The molecule has 1 aliphatic heterocycles. The number of amides is 2. The number of aliphatic carboxylic acids is 1. The second-order valence-electron chi connectivity index (χ2n) is 5.56. The van der Waals surface area contributed by atoms with Crippen LogP contribution in [-0.2, 0) is 17.9 Å². The van der Waals surface area contributed by atoms with E-state index in [9.17, 15) is 9.59 Å². The first-order valence-corrected chi connectivity index (χ1v) is 7.00. The molecule has 2 N–H and O–H groups in total. The maximum atomic E-state index is 12.3. The van der Waals surface area contributed by atoms with Crippen molar-refractivity contribution < 1.29 is 14.7 Å². The Labute approximate surface area is 117 Å². The predicted octanol–water partition coefficient (Wildman–Crippen LogP) is 1.97. The molecule has 0 radical (unpaired) electrons. The van der Waals surface area contributed by atoms with Gasteiger partial charge in [-0.3, -0.25) is 4.79 Å². The first-order valence-electron chi connectivity index (χ1n) is 7.00. The smallest absolute Gasteiger partial charge is 0.318 e. The van der Waals surface area contributed by atoms with E-state index in [0.717, 1.165) is 12.8 Å². The van der Waals surface area contributed by atoms with Gasteiger partial charge in [-0.15, -0.1) is 0 Å². The summed E-state index contributed by atoms with van der Waals surface area (Å²) in [6.07, 6.45) is 2.27. The summed E-state index contributed by atoms with van der Waals surface area (Å²) < 4.78 is 0. The highest BCUT2D eigenvalue weighted by atomic mass is 16.4. The quantitative estimate of drug-likeness (QED) is 0.866. The van der Waals surface area contributed by atoms with E-state index in [1.54, 1.807) is 4.90 Å². The van der Waals surface area contributed by atoms with Crippen LogP contribution in [0.2, 0.25) is 0 Å². The third-order valence-corrected chi connectivity index (χ3v) is 4.27. The van der Waals surface area contributed by atoms with E-state index in [1.807, 2.05) is 24.3 Å². The van der Waals surface area contributed by atoms with Crippen LogP contribution in [0.3, 0.4) is 0 Å². The second-order valence-corrected chi connectivity index (χ2v) is 5.56. The highest BCUT2D eigenvalue weighted by Crippen LogP contribution is 2.27. The Morgan fingerprint density at radius 1 is 1.15 bits per heavy atom. The largest absolute Gasteiger partial charge is 0.481 e.